The van der Waals surface area contributed by atoms with Crippen molar-refractivity contribution in [1.82, 2.24) is 0 Å². The van der Waals surface area contributed by atoms with Gasteiger partial charge in [0.15, 0.2) is 0 Å². The third kappa shape index (κ3) is 3.54. The molecule has 23 heavy (non-hydrogen) atoms. The first kappa shape index (κ1) is 16.0. The van der Waals surface area contributed by atoms with Gasteiger partial charge in [-0.25, -0.2) is 8.42 Å². The maximum absolute atomic E-state index is 12.5. The van der Waals surface area contributed by atoms with Crippen molar-refractivity contribution >= 4 is 38.7 Å². The van der Waals surface area contributed by atoms with Crippen molar-refractivity contribution in [3.05, 3.63) is 47.5 Å². The van der Waals surface area contributed by atoms with Crippen LogP contribution < -0.4 is 15.4 Å². The fourth-order valence-electron chi connectivity index (χ4n) is 2.68. The minimum absolute atomic E-state index is 0.146. The van der Waals surface area contributed by atoms with E-state index < -0.39 is 10.0 Å². The molecule has 3 N–H and O–H groups in total. The summed E-state index contributed by atoms with van der Waals surface area (Å²) >= 11 is 5.80. The molecule has 0 amide bonds. The zero-order valence-corrected chi connectivity index (χ0v) is 14.1. The van der Waals surface area contributed by atoms with E-state index in [1.165, 1.54) is 6.07 Å². The molecule has 0 bridgehead atoms. The van der Waals surface area contributed by atoms with Crippen LogP contribution >= 0.6 is 11.6 Å². The van der Waals surface area contributed by atoms with Gasteiger partial charge in [0.05, 0.1) is 16.3 Å². The molecule has 0 saturated carbocycles. The van der Waals surface area contributed by atoms with Gasteiger partial charge in [-0.05, 0) is 55.3 Å². The molecule has 0 spiro atoms. The van der Waals surface area contributed by atoms with E-state index in [0.717, 1.165) is 31.6 Å². The van der Waals surface area contributed by atoms with E-state index in [4.69, 9.17) is 17.3 Å². The van der Waals surface area contributed by atoms with Crippen LogP contribution in [0.4, 0.5) is 17.1 Å². The Kier molecular flexibility index (Phi) is 4.37. The number of rotatable bonds is 4. The highest BCUT2D eigenvalue weighted by molar-refractivity contribution is 7.92. The number of nitrogens with zero attached hydrogens (tertiary/aromatic N) is 1. The van der Waals surface area contributed by atoms with Gasteiger partial charge in [-0.15, -0.1) is 0 Å². The molecule has 1 aliphatic heterocycles. The molecule has 5 nitrogen and oxygen atoms in total. The Morgan fingerprint density at radius 2 is 1.70 bits per heavy atom. The molecule has 0 aromatic heterocycles. The Bertz CT molecular complexity index is 801. The number of nitrogens with two attached hydrogens (primary N) is 1. The third-order valence-electron chi connectivity index (χ3n) is 3.85. The predicted molar refractivity (Wildman–Crippen MR) is 94.6 cm³/mol. The summed E-state index contributed by atoms with van der Waals surface area (Å²) in [6, 6.07) is 11.4. The van der Waals surface area contributed by atoms with Crippen LogP contribution in [-0.4, -0.2) is 21.5 Å². The van der Waals surface area contributed by atoms with E-state index in [0.29, 0.717) is 16.4 Å². The molecule has 0 atom stereocenters. The molecule has 1 heterocycles. The van der Waals surface area contributed by atoms with Crippen molar-refractivity contribution < 1.29 is 8.42 Å². The number of nitrogens with one attached hydrogen (secondary N) is 1. The zero-order valence-electron chi connectivity index (χ0n) is 12.5. The van der Waals surface area contributed by atoms with E-state index in [9.17, 15) is 8.42 Å². The van der Waals surface area contributed by atoms with Gasteiger partial charge in [0.25, 0.3) is 10.0 Å². The molecular formula is C16H18ClN3O2S. The van der Waals surface area contributed by atoms with Crippen molar-refractivity contribution in [1.29, 1.82) is 0 Å². The summed E-state index contributed by atoms with van der Waals surface area (Å²) in [6.45, 7) is 1.92. The lowest BCUT2D eigenvalue weighted by Crippen LogP contribution is -2.20. The number of nitrogen functional groups attached to an aromatic ring is 1. The van der Waals surface area contributed by atoms with Gasteiger partial charge >= 0.3 is 0 Å². The van der Waals surface area contributed by atoms with E-state index in [2.05, 4.69) is 9.62 Å². The Labute approximate surface area is 141 Å². The first-order chi connectivity index (χ1) is 11.0. The number of anilines is 3. The largest absolute Gasteiger partial charge is 0.397 e. The minimum atomic E-state index is -3.68. The summed E-state index contributed by atoms with van der Waals surface area (Å²) < 4.78 is 27.4. The van der Waals surface area contributed by atoms with Crippen LogP contribution in [0.15, 0.2) is 47.4 Å². The van der Waals surface area contributed by atoms with Crippen LogP contribution in [0.5, 0.6) is 0 Å². The van der Waals surface area contributed by atoms with Crippen LogP contribution in [0.2, 0.25) is 5.02 Å². The summed E-state index contributed by atoms with van der Waals surface area (Å²) in [4.78, 5) is 2.33. The molecule has 0 radical (unpaired) electrons. The van der Waals surface area contributed by atoms with E-state index in [-0.39, 0.29) is 4.90 Å². The highest BCUT2D eigenvalue weighted by atomic mass is 35.5. The Morgan fingerprint density at radius 1 is 1.04 bits per heavy atom. The molecule has 2 aromatic carbocycles. The standard InChI is InChI=1S/C16H18ClN3O2S/c17-12-3-5-13(6-4-12)19-23(21,22)14-7-8-16(15(18)11-14)20-9-1-2-10-20/h3-8,11,19H,1-2,9-10,18H2. The van der Waals surface area contributed by atoms with Crippen LogP contribution in [0.3, 0.4) is 0 Å². The van der Waals surface area contributed by atoms with Gasteiger partial charge < -0.3 is 10.6 Å². The summed E-state index contributed by atoms with van der Waals surface area (Å²) in [6.07, 6.45) is 2.27. The van der Waals surface area contributed by atoms with E-state index >= 15 is 0 Å². The summed E-state index contributed by atoms with van der Waals surface area (Å²) in [7, 11) is -3.68. The number of hydrogen-bond acceptors (Lipinski definition) is 4. The average Bonchev–Trinajstić information content (AvgIpc) is 3.03. The lowest BCUT2D eigenvalue weighted by atomic mass is 10.2. The van der Waals surface area contributed by atoms with E-state index in [1.807, 2.05) is 0 Å². The molecule has 1 fully saturated rings. The van der Waals surface area contributed by atoms with Crippen molar-refractivity contribution in [2.75, 3.05) is 28.4 Å². The molecule has 7 heteroatoms. The lowest BCUT2D eigenvalue weighted by Gasteiger charge is -2.20. The molecule has 0 unspecified atom stereocenters. The first-order valence-corrected chi connectivity index (χ1v) is 9.25. The van der Waals surface area contributed by atoms with Gasteiger partial charge in [0, 0.05) is 23.8 Å². The minimum Gasteiger partial charge on any atom is -0.397 e. The van der Waals surface area contributed by atoms with Gasteiger partial charge in [0.2, 0.25) is 0 Å². The van der Waals surface area contributed by atoms with Gasteiger partial charge in [-0.1, -0.05) is 11.6 Å². The average molecular weight is 352 g/mol. The molecule has 122 valence electrons. The molecular weight excluding hydrogens is 334 g/mol. The maximum atomic E-state index is 12.5. The first-order valence-electron chi connectivity index (χ1n) is 7.38. The van der Waals surface area contributed by atoms with Gasteiger partial charge in [-0.2, -0.15) is 0 Å². The molecule has 0 aliphatic carbocycles. The van der Waals surface area contributed by atoms with Crippen LogP contribution in [0.25, 0.3) is 0 Å². The Balaban J connectivity index is 1.85. The maximum Gasteiger partial charge on any atom is 0.261 e. The van der Waals surface area contributed by atoms with Crippen molar-refractivity contribution in [2.45, 2.75) is 17.7 Å². The van der Waals surface area contributed by atoms with Crippen molar-refractivity contribution in [2.24, 2.45) is 0 Å². The van der Waals surface area contributed by atoms with Crippen molar-refractivity contribution in [3.8, 4) is 0 Å². The van der Waals surface area contributed by atoms with Gasteiger partial charge in [0.1, 0.15) is 0 Å². The third-order valence-corrected chi connectivity index (χ3v) is 5.48. The van der Waals surface area contributed by atoms with Crippen LogP contribution in [0, 0.1) is 0 Å². The van der Waals surface area contributed by atoms with Gasteiger partial charge in [-0.3, -0.25) is 4.72 Å². The Hall–Kier alpha value is -1.92. The summed E-state index contributed by atoms with van der Waals surface area (Å²) in [5, 5.41) is 0.548. The second kappa shape index (κ2) is 6.29. The topological polar surface area (TPSA) is 75.4 Å². The molecule has 3 rings (SSSR count). The fraction of sp³-hybridized carbons (Fsp3) is 0.250. The number of hydrogen-bond donors (Lipinski definition) is 2. The predicted octanol–water partition coefficient (Wildman–Crippen LogP) is 3.32. The van der Waals surface area contributed by atoms with Crippen molar-refractivity contribution in [3.63, 3.8) is 0 Å². The molecule has 1 saturated heterocycles. The number of benzene rings is 2. The second-order valence-electron chi connectivity index (χ2n) is 5.53. The number of sulfonamides is 1. The normalized spacial score (nSPS) is 14.9. The monoisotopic (exact) mass is 351 g/mol. The highest BCUT2D eigenvalue weighted by Crippen LogP contribution is 2.29. The summed E-state index contributed by atoms with van der Waals surface area (Å²) in [5.74, 6) is 0. The molecule has 1 aliphatic rings. The van der Waals surface area contributed by atoms with E-state index in [1.54, 1.807) is 36.4 Å². The smallest absolute Gasteiger partial charge is 0.261 e. The summed E-state index contributed by atoms with van der Waals surface area (Å²) in [5.41, 5.74) is 7.89. The van der Waals surface area contributed by atoms with Crippen LogP contribution in [-0.2, 0) is 10.0 Å². The van der Waals surface area contributed by atoms with Crippen LogP contribution in [0.1, 0.15) is 12.8 Å². The quantitative estimate of drug-likeness (QED) is 0.828. The molecule has 2 aromatic rings. The lowest BCUT2D eigenvalue weighted by molar-refractivity contribution is 0.601. The fourth-order valence-corrected chi connectivity index (χ4v) is 3.90. The number of halogens is 1. The second-order valence-corrected chi connectivity index (χ2v) is 7.65. The highest BCUT2D eigenvalue weighted by Gasteiger charge is 2.19. The zero-order chi connectivity index (χ0) is 16.4. The SMILES string of the molecule is Nc1cc(S(=O)(=O)Nc2ccc(Cl)cc2)ccc1N1CCCC1. The Morgan fingerprint density at radius 3 is 2.30 bits per heavy atom.